The Labute approximate surface area is 152 Å². The Hall–Kier alpha value is -0.610. The predicted octanol–water partition coefficient (Wildman–Crippen LogP) is 3.20. The van der Waals surface area contributed by atoms with Crippen LogP contribution in [-0.2, 0) is 10.2 Å². The molecule has 3 aliphatic rings. The third-order valence-electron chi connectivity index (χ3n) is 6.31. The molecule has 2 saturated carbocycles. The number of benzene rings is 1. The summed E-state index contributed by atoms with van der Waals surface area (Å²) >= 11 is 0. The highest BCUT2D eigenvalue weighted by atomic mass is 35.5. The molecule has 0 bridgehead atoms. The normalized spacial score (nSPS) is 31.5. The van der Waals surface area contributed by atoms with Crippen LogP contribution in [0.15, 0.2) is 24.3 Å². The molecular formula is C20H31ClN2O. The summed E-state index contributed by atoms with van der Waals surface area (Å²) < 4.78 is 5.70. The van der Waals surface area contributed by atoms with E-state index in [9.17, 15) is 0 Å². The minimum atomic E-state index is 0. The zero-order chi connectivity index (χ0) is 15.7. The molecule has 0 amide bonds. The summed E-state index contributed by atoms with van der Waals surface area (Å²) in [5.74, 6) is 0.739. The highest BCUT2D eigenvalue weighted by molar-refractivity contribution is 5.85. The van der Waals surface area contributed by atoms with Gasteiger partial charge in [0.1, 0.15) is 0 Å². The van der Waals surface area contributed by atoms with Crippen LogP contribution < -0.4 is 10.6 Å². The lowest BCUT2D eigenvalue weighted by atomic mass is 9.90. The van der Waals surface area contributed by atoms with Gasteiger partial charge >= 0.3 is 0 Å². The van der Waals surface area contributed by atoms with E-state index in [1.807, 2.05) is 0 Å². The molecule has 134 valence electrons. The molecule has 3 atom stereocenters. The van der Waals surface area contributed by atoms with E-state index < -0.39 is 0 Å². The van der Waals surface area contributed by atoms with Gasteiger partial charge in [0.05, 0.1) is 13.2 Å². The average molecular weight is 351 g/mol. The highest BCUT2D eigenvalue weighted by Crippen LogP contribution is 2.49. The van der Waals surface area contributed by atoms with Gasteiger partial charge < -0.3 is 15.4 Å². The quantitative estimate of drug-likeness (QED) is 0.855. The second-order valence-electron chi connectivity index (χ2n) is 7.81. The first-order chi connectivity index (χ1) is 11.3. The Morgan fingerprint density at radius 2 is 2.08 bits per heavy atom. The second kappa shape index (κ2) is 7.74. The standard InChI is InChI=1S/C20H30N2O.ClH/c1-15-5-2-3-7-17(15)20(9-10-20)14-22-18-8-4-6-16(18)19-13-23-12-11-21-19;/h2-3,5,7,16,18-19,21-22H,4,6,8-14H2,1H3;1H. The van der Waals surface area contributed by atoms with Crippen LogP contribution in [0, 0.1) is 12.8 Å². The fourth-order valence-electron chi connectivity index (χ4n) is 4.77. The number of hydrogen-bond acceptors (Lipinski definition) is 3. The monoisotopic (exact) mass is 350 g/mol. The molecule has 1 aromatic carbocycles. The maximum absolute atomic E-state index is 5.70. The van der Waals surface area contributed by atoms with Gasteiger partial charge in [-0.05, 0) is 49.7 Å². The molecule has 1 heterocycles. The van der Waals surface area contributed by atoms with E-state index in [1.165, 1.54) is 37.7 Å². The van der Waals surface area contributed by atoms with Crippen molar-refractivity contribution in [1.82, 2.24) is 10.6 Å². The lowest BCUT2D eigenvalue weighted by Gasteiger charge is -2.34. The first-order valence-electron chi connectivity index (χ1n) is 9.39. The van der Waals surface area contributed by atoms with Crippen molar-refractivity contribution in [3.63, 3.8) is 0 Å². The van der Waals surface area contributed by atoms with Gasteiger partial charge in [-0.1, -0.05) is 30.7 Å². The summed E-state index contributed by atoms with van der Waals surface area (Å²) in [6.07, 6.45) is 6.71. The molecule has 0 aromatic heterocycles. The average Bonchev–Trinajstić information content (AvgIpc) is 3.23. The fourth-order valence-corrected chi connectivity index (χ4v) is 4.77. The fraction of sp³-hybridized carbons (Fsp3) is 0.700. The zero-order valence-corrected chi connectivity index (χ0v) is 15.5. The van der Waals surface area contributed by atoms with E-state index in [0.717, 1.165) is 32.2 Å². The Bertz CT molecular complexity index is 540. The molecule has 4 heteroatoms. The first-order valence-corrected chi connectivity index (χ1v) is 9.39. The molecule has 1 aromatic rings. The van der Waals surface area contributed by atoms with E-state index >= 15 is 0 Å². The van der Waals surface area contributed by atoms with Gasteiger partial charge in [-0.2, -0.15) is 0 Å². The molecule has 0 radical (unpaired) electrons. The maximum Gasteiger partial charge on any atom is 0.0623 e. The molecular weight excluding hydrogens is 320 g/mol. The third kappa shape index (κ3) is 3.65. The van der Waals surface area contributed by atoms with Crippen LogP contribution in [0.4, 0.5) is 0 Å². The molecule has 1 saturated heterocycles. The summed E-state index contributed by atoms with van der Waals surface area (Å²) in [6, 6.07) is 10.2. The van der Waals surface area contributed by atoms with Crippen LogP contribution in [0.25, 0.3) is 0 Å². The van der Waals surface area contributed by atoms with Crippen LogP contribution in [0.1, 0.15) is 43.2 Å². The van der Waals surface area contributed by atoms with Gasteiger partial charge in [0.15, 0.2) is 0 Å². The molecule has 3 nitrogen and oxygen atoms in total. The van der Waals surface area contributed by atoms with E-state index in [2.05, 4.69) is 41.8 Å². The van der Waals surface area contributed by atoms with Crippen LogP contribution in [0.3, 0.4) is 0 Å². The molecule has 2 aliphatic carbocycles. The van der Waals surface area contributed by atoms with Crippen LogP contribution in [0.2, 0.25) is 0 Å². The SMILES string of the molecule is Cc1ccccc1C1(CNC2CCCC2C2COCCN2)CC1.Cl. The number of rotatable bonds is 5. The van der Waals surface area contributed by atoms with Gasteiger partial charge in [0.25, 0.3) is 0 Å². The van der Waals surface area contributed by atoms with Crippen LogP contribution in [-0.4, -0.2) is 38.4 Å². The largest absolute Gasteiger partial charge is 0.379 e. The minimum Gasteiger partial charge on any atom is -0.379 e. The number of aryl methyl sites for hydroxylation is 1. The maximum atomic E-state index is 5.70. The van der Waals surface area contributed by atoms with E-state index in [-0.39, 0.29) is 12.4 Å². The molecule has 24 heavy (non-hydrogen) atoms. The molecule has 4 rings (SSSR count). The highest BCUT2D eigenvalue weighted by Gasteiger charge is 2.46. The van der Waals surface area contributed by atoms with Crippen molar-refractivity contribution in [3.05, 3.63) is 35.4 Å². The van der Waals surface area contributed by atoms with E-state index in [4.69, 9.17) is 4.74 Å². The van der Waals surface area contributed by atoms with Crippen molar-refractivity contribution in [2.24, 2.45) is 5.92 Å². The number of halogens is 1. The number of ether oxygens (including phenoxy) is 1. The van der Waals surface area contributed by atoms with Crippen molar-refractivity contribution >= 4 is 12.4 Å². The van der Waals surface area contributed by atoms with Gasteiger partial charge in [0, 0.05) is 30.6 Å². The summed E-state index contributed by atoms with van der Waals surface area (Å²) in [4.78, 5) is 0. The van der Waals surface area contributed by atoms with Crippen molar-refractivity contribution < 1.29 is 4.74 Å². The molecule has 3 unspecified atom stereocenters. The van der Waals surface area contributed by atoms with Gasteiger partial charge in [-0.3, -0.25) is 0 Å². The van der Waals surface area contributed by atoms with Gasteiger partial charge in [-0.25, -0.2) is 0 Å². The second-order valence-corrected chi connectivity index (χ2v) is 7.81. The van der Waals surface area contributed by atoms with Gasteiger partial charge in [0.2, 0.25) is 0 Å². The van der Waals surface area contributed by atoms with Crippen molar-refractivity contribution in [1.29, 1.82) is 0 Å². The number of hydrogen-bond donors (Lipinski definition) is 2. The molecule has 1 aliphatic heterocycles. The van der Waals surface area contributed by atoms with E-state index in [1.54, 1.807) is 5.56 Å². The molecule has 3 fully saturated rings. The lowest BCUT2D eigenvalue weighted by molar-refractivity contribution is 0.0524. The van der Waals surface area contributed by atoms with Crippen molar-refractivity contribution in [2.75, 3.05) is 26.3 Å². The number of nitrogens with one attached hydrogen (secondary N) is 2. The van der Waals surface area contributed by atoms with E-state index in [0.29, 0.717) is 17.5 Å². The molecule has 2 N–H and O–H groups in total. The molecule has 0 spiro atoms. The van der Waals surface area contributed by atoms with Crippen LogP contribution in [0.5, 0.6) is 0 Å². The topological polar surface area (TPSA) is 33.3 Å². The van der Waals surface area contributed by atoms with Crippen molar-refractivity contribution in [3.8, 4) is 0 Å². The summed E-state index contributed by atoms with van der Waals surface area (Å²) in [5.41, 5.74) is 3.44. The van der Waals surface area contributed by atoms with Gasteiger partial charge in [-0.15, -0.1) is 12.4 Å². The first kappa shape index (κ1) is 18.2. The summed E-state index contributed by atoms with van der Waals surface area (Å²) in [6.45, 7) is 6.19. The Balaban J connectivity index is 0.00000169. The zero-order valence-electron chi connectivity index (χ0n) is 14.7. The summed E-state index contributed by atoms with van der Waals surface area (Å²) in [7, 11) is 0. The van der Waals surface area contributed by atoms with Crippen LogP contribution >= 0.6 is 12.4 Å². The Morgan fingerprint density at radius 3 is 2.79 bits per heavy atom. The number of morpholine rings is 1. The Morgan fingerprint density at radius 1 is 1.25 bits per heavy atom. The predicted molar refractivity (Wildman–Crippen MR) is 101 cm³/mol. The lowest BCUT2D eigenvalue weighted by Crippen LogP contribution is -2.51. The third-order valence-corrected chi connectivity index (χ3v) is 6.31. The Kier molecular flexibility index (Phi) is 5.86. The minimum absolute atomic E-state index is 0. The van der Waals surface area contributed by atoms with Crippen molar-refractivity contribution in [2.45, 2.75) is 56.5 Å². The summed E-state index contributed by atoms with van der Waals surface area (Å²) in [5, 5.41) is 7.64. The smallest absolute Gasteiger partial charge is 0.0623 e.